The van der Waals surface area contributed by atoms with Crippen molar-refractivity contribution in [3.05, 3.63) is 84.2 Å². The summed E-state index contributed by atoms with van der Waals surface area (Å²) >= 11 is 0. The predicted molar refractivity (Wildman–Crippen MR) is 118 cm³/mol. The minimum Gasteiger partial charge on any atom is -0.485 e. The third-order valence-corrected chi connectivity index (χ3v) is 3.80. The van der Waals surface area contributed by atoms with Crippen molar-refractivity contribution < 1.29 is 14.3 Å². The van der Waals surface area contributed by atoms with Crippen LogP contribution in [-0.2, 0) is 14.3 Å². The summed E-state index contributed by atoms with van der Waals surface area (Å²) in [4.78, 5) is 17.0. The van der Waals surface area contributed by atoms with Crippen molar-refractivity contribution in [3.8, 4) is 0 Å². The number of carbonyl (C=O) groups excluding carboxylic acids is 1. The molecular weight excluding hydrogens is 362 g/mol. The quantitative estimate of drug-likeness (QED) is 0.261. The summed E-state index contributed by atoms with van der Waals surface area (Å²) in [5.74, 6) is 3.46. The van der Waals surface area contributed by atoms with E-state index < -0.39 is 0 Å². The molecule has 0 spiro atoms. The summed E-state index contributed by atoms with van der Waals surface area (Å²) in [6.45, 7) is 8.29. The van der Waals surface area contributed by atoms with E-state index in [1.807, 2.05) is 94.5 Å². The molecule has 0 amide bonds. The number of hydrogen-bond acceptors (Lipinski definition) is 4. The Morgan fingerprint density at radius 2 is 1.76 bits per heavy atom. The molecular formula is C25H29NO3. The van der Waals surface area contributed by atoms with Crippen LogP contribution in [0.5, 0.6) is 0 Å². The lowest BCUT2D eigenvalue weighted by Crippen LogP contribution is -2.10. The van der Waals surface area contributed by atoms with Crippen LogP contribution in [0.25, 0.3) is 5.76 Å². The number of benzene rings is 1. The Morgan fingerprint density at radius 3 is 2.34 bits per heavy atom. The van der Waals surface area contributed by atoms with Crippen molar-refractivity contribution >= 4 is 17.6 Å². The van der Waals surface area contributed by atoms with Gasteiger partial charge in [-0.05, 0) is 27.7 Å². The van der Waals surface area contributed by atoms with E-state index in [0.29, 0.717) is 18.1 Å². The minimum atomic E-state index is -0.315. The molecule has 0 N–H and O–H groups in total. The van der Waals surface area contributed by atoms with Gasteiger partial charge in [-0.15, -0.1) is 0 Å². The van der Waals surface area contributed by atoms with Gasteiger partial charge >= 0.3 is 5.97 Å². The van der Waals surface area contributed by atoms with Crippen LogP contribution in [0.4, 0.5) is 0 Å². The first kappa shape index (κ1) is 22.2. The molecule has 1 aromatic carbocycles. The fourth-order valence-electron chi connectivity index (χ4n) is 2.48. The zero-order valence-electron chi connectivity index (χ0n) is 17.6. The van der Waals surface area contributed by atoms with Crippen LogP contribution in [0.1, 0.15) is 39.7 Å². The predicted octanol–water partition coefficient (Wildman–Crippen LogP) is 5.65. The minimum absolute atomic E-state index is 0.00104. The molecule has 0 aromatic heterocycles. The molecule has 0 radical (unpaired) electrons. The van der Waals surface area contributed by atoms with Gasteiger partial charge in [0.25, 0.3) is 0 Å². The number of ether oxygens (including phenoxy) is 2. The Bertz CT molecular complexity index is 845. The average Bonchev–Trinajstić information content (AvgIpc) is 2.94. The number of rotatable bonds is 7. The summed E-state index contributed by atoms with van der Waals surface area (Å²) in [7, 11) is 0. The number of esters is 1. The van der Waals surface area contributed by atoms with Gasteiger partial charge in [-0.2, -0.15) is 0 Å². The molecule has 0 aliphatic heterocycles. The van der Waals surface area contributed by atoms with Crippen LogP contribution in [0.2, 0.25) is 0 Å². The lowest BCUT2D eigenvalue weighted by molar-refractivity contribution is -0.137. The highest BCUT2D eigenvalue weighted by molar-refractivity contribution is 5.80. The molecule has 0 fully saturated rings. The maximum absolute atomic E-state index is 12.6. The van der Waals surface area contributed by atoms with Crippen molar-refractivity contribution in [2.24, 2.45) is 10.9 Å². The van der Waals surface area contributed by atoms with Crippen LogP contribution >= 0.6 is 0 Å². The SMILES string of the molecule is CCOC(=C=NC(C)(C)C)/C=C(\OC(=O)CC1C=CC=CC=C1)c1ccccc1. The molecule has 4 heteroatoms. The van der Waals surface area contributed by atoms with Crippen LogP contribution < -0.4 is 0 Å². The smallest absolute Gasteiger partial charge is 0.312 e. The van der Waals surface area contributed by atoms with E-state index in [9.17, 15) is 4.79 Å². The molecule has 29 heavy (non-hydrogen) atoms. The molecule has 2 rings (SSSR count). The van der Waals surface area contributed by atoms with Gasteiger partial charge in [0.15, 0.2) is 5.76 Å². The number of allylic oxidation sites excluding steroid dienone is 7. The lowest BCUT2D eigenvalue weighted by atomic mass is 10.1. The molecule has 0 atom stereocenters. The topological polar surface area (TPSA) is 47.9 Å². The van der Waals surface area contributed by atoms with Gasteiger partial charge in [0.05, 0.1) is 18.6 Å². The summed E-state index contributed by atoms with van der Waals surface area (Å²) in [5, 5.41) is 0. The van der Waals surface area contributed by atoms with Gasteiger partial charge in [0, 0.05) is 23.4 Å². The van der Waals surface area contributed by atoms with E-state index in [-0.39, 0.29) is 23.8 Å². The zero-order chi connectivity index (χ0) is 21.1. The molecule has 152 valence electrons. The third-order valence-electron chi connectivity index (χ3n) is 3.80. The largest absolute Gasteiger partial charge is 0.485 e. The number of hydrogen-bond donors (Lipinski definition) is 0. The van der Waals surface area contributed by atoms with Crippen molar-refractivity contribution in [3.63, 3.8) is 0 Å². The van der Waals surface area contributed by atoms with Gasteiger partial charge in [-0.25, -0.2) is 4.99 Å². The molecule has 1 aromatic rings. The van der Waals surface area contributed by atoms with E-state index in [1.54, 1.807) is 6.08 Å². The molecule has 0 unspecified atom stereocenters. The van der Waals surface area contributed by atoms with Gasteiger partial charge < -0.3 is 9.47 Å². The van der Waals surface area contributed by atoms with Crippen LogP contribution in [0.15, 0.2) is 83.6 Å². The monoisotopic (exact) mass is 391 g/mol. The van der Waals surface area contributed by atoms with Gasteiger partial charge in [-0.3, -0.25) is 4.79 Å². The fraction of sp³-hybridized carbons (Fsp3) is 0.320. The Kier molecular flexibility index (Phi) is 8.45. The van der Waals surface area contributed by atoms with E-state index in [1.165, 1.54) is 0 Å². The van der Waals surface area contributed by atoms with Crippen LogP contribution in [0, 0.1) is 5.92 Å². The first-order valence-electron chi connectivity index (χ1n) is 9.84. The second-order valence-electron chi connectivity index (χ2n) is 7.56. The van der Waals surface area contributed by atoms with E-state index in [4.69, 9.17) is 9.47 Å². The zero-order valence-corrected chi connectivity index (χ0v) is 17.6. The van der Waals surface area contributed by atoms with Crippen molar-refractivity contribution in [1.29, 1.82) is 0 Å². The fourth-order valence-corrected chi connectivity index (χ4v) is 2.48. The summed E-state index contributed by atoms with van der Waals surface area (Å²) in [6.07, 6.45) is 13.6. The van der Waals surface area contributed by atoms with E-state index in [2.05, 4.69) is 10.9 Å². The van der Waals surface area contributed by atoms with Crippen molar-refractivity contribution in [1.82, 2.24) is 0 Å². The van der Waals surface area contributed by atoms with E-state index in [0.717, 1.165) is 5.56 Å². The molecule has 1 aliphatic carbocycles. The van der Waals surface area contributed by atoms with Crippen LogP contribution in [-0.4, -0.2) is 24.0 Å². The second-order valence-corrected chi connectivity index (χ2v) is 7.56. The first-order chi connectivity index (χ1) is 13.9. The Balaban J connectivity index is 2.30. The molecule has 4 nitrogen and oxygen atoms in total. The van der Waals surface area contributed by atoms with Crippen molar-refractivity contribution in [2.75, 3.05) is 6.61 Å². The lowest BCUT2D eigenvalue weighted by Gasteiger charge is -2.12. The number of nitrogens with zero attached hydrogens (tertiary/aromatic N) is 1. The highest BCUT2D eigenvalue weighted by Gasteiger charge is 2.15. The van der Waals surface area contributed by atoms with Gasteiger partial charge in [0.2, 0.25) is 0 Å². The summed E-state index contributed by atoms with van der Waals surface area (Å²) in [5.41, 5.74) is 0.496. The first-order valence-corrected chi connectivity index (χ1v) is 9.84. The maximum atomic E-state index is 12.6. The maximum Gasteiger partial charge on any atom is 0.312 e. The summed E-state index contributed by atoms with van der Waals surface area (Å²) < 4.78 is 11.4. The standard InChI is InChI=1S/C25H29NO3/c1-5-28-22(19-26-25(2,3)4)18-23(21-15-11-8-12-16-21)29-24(27)17-20-13-9-6-7-10-14-20/h6-16,18,20H,5,17H2,1-4H3/b23-18-. The summed E-state index contributed by atoms with van der Waals surface area (Å²) in [6, 6.07) is 9.48. The molecule has 0 heterocycles. The second kappa shape index (κ2) is 11.0. The third kappa shape index (κ3) is 8.63. The Labute approximate surface area is 173 Å². The Hall–Kier alpha value is -3.10. The molecule has 0 saturated heterocycles. The molecule has 0 saturated carbocycles. The highest BCUT2D eigenvalue weighted by Crippen LogP contribution is 2.21. The number of carbonyl (C=O) groups is 1. The van der Waals surface area contributed by atoms with Crippen molar-refractivity contribution in [2.45, 2.75) is 39.7 Å². The Morgan fingerprint density at radius 1 is 1.10 bits per heavy atom. The highest BCUT2D eigenvalue weighted by atomic mass is 16.5. The van der Waals surface area contributed by atoms with Crippen LogP contribution in [0.3, 0.4) is 0 Å². The molecule has 0 bridgehead atoms. The van der Waals surface area contributed by atoms with E-state index >= 15 is 0 Å². The normalized spacial score (nSPS) is 14.1. The molecule has 1 aliphatic rings. The van der Waals surface area contributed by atoms with Gasteiger partial charge in [0.1, 0.15) is 5.76 Å². The van der Waals surface area contributed by atoms with Gasteiger partial charge in [-0.1, -0.05) is 66.8 Å². The average molecular weight is 392 g/mol. The number of aliphatic imine (C=N–C) groups is 1.